The molecule has 2 amide bonds. The van der Waals surface area contributed by atoms with E-state index >= 15 is 0 Å². The van der Waals surface area contributed by atoms with E-state index in [-0.39, 0.29) is 19.2 Å². The number of nitrogens with zero attached hydrogens (tertiary/aromatic N) is 2. The van der Waals surface area contributed by atoms with Crippen LogP contribution in [0.2, 0.25) is 0 Å². The van der Waals surface area contributed by atoms with Crippen molar-refractivity contribution in [1.82, 2.24) is 9.47 Å². The van der Waals surface area contributed by atoms with Crippen molar-refractivity contribution in [2.24, 2.45) is 11.1 Å². The number of carboxylic acid groups (broad SMARTS) is 1. The van der Waals surface area contributed by atoms with E-state index in [1.165, 1.54) is 0 Å². The number of unbranched alkanes of at least 4 members (excludes halogenated alkanes) is 1. The number of carbonyl (C=O) groups is 3. The third kappa shape index (κ3) is 9.89. The van der Waals surface area contributed by atoms with Crippen molar-refractivity contribution in [3.8, 4) is 11.5 Å². The maximum absolute atomic E-state index is 13.3. The molecule has 1 heterocycles. The number of hydrogen-bond acceptors (Lipinski definition) is 6. The number of aliphatic carboxylic acids is 1. The number of aromatic nitrogens is 1. The number of aryl methyl sites for hydroxylation is 1. The molecule has 0 radical (unpaired) electrons. The molecule has 10 heteroatoms. The van der Waals surface area contributed by atoms with Crippen LogP contribution in [0.3, 0.4) is 0 Å². The fourth-order valence-electron chi connectivity index (χ4n) is 5.22. The molecule has 0 aliphatic rings. The van der Waals surface area contributed by atoms with Gasteiger partial charge in [-0.2, -0.15) is 0 Å². The molecular weight excluding hydrogens is 574 g/mol. The maximum atomic E-state index is 13.3. The number of hydrogen-bond donors (Lipinski definition) is 2. The minimum Gasteiger partial charge on any atom is -0.490 e. The van der Waals surface area contributed by atoms with Gasteiger partial charge in [0.25, 0.3) is 5.91 Å². The molecule has 0 saturated carbocycles. The van der Waals surface area contributed by atoms with Gasteiger partial charge in [-0.15, -0.1) is 0 Å². The van der Waals surface area contributed by atoms with E-state index in [1.54, 1.807) is 24.8 Å². The van der Waals surface area contributed by atoms with Gasteiger partial charge in [0.2, 0.25) is 0 Å². The molecule has 0 bridgehead atoms. The van der Waals surface area contributed by atoms with E-state index in [0.717, 1.165) is 29.3 Å². The second-order valence-electron chi connectivity index (χ2n) is 13.1. The fourth-order valence-corrected chi connectivity index (χ4v) is 5.22. The number of amides is 2. The van der Waals surface area contributed by atoms with E-state index in [2.05, 4.69) is 0 Å². The molecule has 3 N–H and O–H groups in total. The summed E-state index contributed by atoms with van der Waals surface area (Å²) >= 11 is 0. The van der Waals surface area contributed by atoms with Gasteiger partial charge in [-0.1, -0.05) is 18.6 Å². The first-order valence-electron chi connectivity index (χ1n) is 15.6. The largest absolute Gasteiger partial charge is 0.490 e. The van der Waals surface area contributed by atoms with Crippen LogP contribution < -0.4 is 15.2 Å². The molecule has 45 heavy (non-hydrogen) atoms. The Kier molecular flexibility index (Phi) is 11.9. The van der Waals surface area contributed by atoms with Gasteiger partial charge in [-0.3, -0.25) is 9.59 Å². The summed E-state index contributed by atoms with van der Waals surface area (Å²) in [5.74, 6) is -0.105. The Balaban J connectivity index is 1.78. The van der Waals surface area contributed by atoms with E-state index in [4.69, 9.17) is 19.9 Å². The van der Waals surface area contributed by atoms with Crippen LogP contribution in [0.15, 0.2) is 48.7 Å². The Morgan fingerprint density at radius 1 is 1.00 bits per heavy atom. The zero-order valence-corrected chi connectivity index (χ0v) is 27.7. The fraction of sp³-hybridized carbons (Fsp3) is 0.514. The first-order valence-corrected chi connectivity index (χ1v) is 15.6. The summed E-state index contributed by atoms with van der Waals surface area (Å²) in [6.45, 7) is 14.4. The van der Waals surface area contributed by atoms with Crippen molar-refractivity contribution >= 4 is 28.9 Å². The first-order chi connectivity index (χ1) is 21.1. The molecule has 0 unspecified atom stereocenters. The number of rotatable bonds is 16. The standard InChI is InChI=1S/C35H49N3O7/c1-8-43-28-13-9-10-14-29(28)44-20-19-38(33(42)45-34(3,4)5)24(2)21-25-22-26-15-18-37(30(26)27(23-25)31(36)39)17-12-11-16-35(6,7)32(40)41/h9-10,13-15,18,22-24H,8,11-12,16-17,19-21H2,1-7H3,(H2,36,39)(H,40,41)/t24-/m1/s1. The number of para-hydroxylation sites is 2. The summed E-state index contributed by atoms with van der Waals surface area (Å²) in [6.07, 6.45) is 3.99. The molecule has 0 spiro atoms. The van der Waals surface area contributed by atoms with Gasteiger partial charge < -0.3 is 34.5 Å². The highest BCUT2D eigenvalue weighted by atomic mass is 16.6. The van der Waals surface area contributed by atoms with Crippen LogP contribution in [0.5, 0.6) is 11.5 Å². The van der Waals surface area contributed by atoms with Gasteiger partial charge in [0.15, 0.2) is 11.5 Å². The highest BCUT2D eigenvalue weighted by molar-refractivity contribution is 6.05. The summed E-state index contributed by atoms with van der Waals surface area (Å²) < 4.78 is 19.4. The lowest BCUT2D eigenvalue weighted by Gasteiger charge is -2.32. The molecule has 0 aliphatic heterocycles. The Morgan fingerprint density at radius 2 is 1.67 bits per heavy atom. The molecule has 0 fully saturated rings. The maximum Gasteiger partial charge on any atom is 0.410 e. The van der Waals surface area contributed by atoms with Crippen LogP contribution in [0.25, 0.3) is 10.9 Å². The third-order valence-corrected chi connectivity index (χ3v) is 7.65. The zero-order chi connectivity index (χ0) is 33.4. The smallest absolute Gasteiger partial charge is 0.410 e. The van der Waals surface area contributed by atoms with Gasteiger partial charge in [0.05, 0.1) is 29.6 Å². The summed E-state index contributed by atoms with van der Waals surface area (Å²) in [4.78, 5) is 39.0. The number of primary amides is 1. The topological polar surface area (TPSA) is 133 Å². The zero-order valence-electron chi connectivity index (χ0n) is 27.7. The number of fused-ring (bicyclic) bond motifs is 1. The monoisotopic (exact) mass is 623 g/mol. The van der Waals surface area contributed by atoms with Crippen LogP contribution >= 0.6 is 0 Å². The number of nitrogens with two attached hydrogens (primary N) is 1. The summed E-state index contributed by atoms with van der Waals surface area (Å²) in [6, 6.07) is 12.9. The highest BCUT2D eigenvalue weighted by Crippen LogP contribution is 2.28. The number of ether oxygens (including phenoxy) is 3. The van der Waals surface area contributed by atoms with Crippen molar-refractivity contribution in [3.05, 3.63) is 59.8 Å². The SMILES string of the molecule is CCOc1ccccc1OCCN(C(=O)OC(C)(C)C)[C@H](C)Cc1cc(C(N)=O)c2c(ccn2CCCCC(C)(C)C(=O)O)c1. The Morgan fingerprint density at radius 3 is 2.27 bits per heavy atom. The highest BCUT2D eigenvalue weighted by Gasteiger charge is 2.28. The molecule has 0 aliphatic carbocycles. The Labute approximate surface area is 266 Å². The van der Waals surface area contributed by atoms with Crippen molar-refractivity contribution < 1.29 is 33.7 Å². The lowest BCUT2D eigenvalue weighted by molar-refractivity contribution is -0.147. The second kappa shape index (κ2) is 15.2. The second-order valence-corrected chi connectivity index (χ2v) is 13.1. The molecule has 1 atom stereocenters. The van der Waals surface area contributed by atoms with Crippen LogP contribution in [0.1, 0.15) is 83.7 Å². The van der Waals surface area contributed by atoms with Gasteiger partial charge in [-0.05, 0) is 104 Å². The average Bonchev–Trinajstić information content (AvgIpc) is 3.35. The Bertz CT molecular complexity index is 1470. The third-order valence-electron chi connectivity index (χ3n) is 7.65. The lowest BCUT2D eigenvalue weighted by atomic mass is 9.87. The van der Waals surface area contributed by atoms with E-state index in [0.29, 0.717) is 43.1 Å². The average molecular weight is 624 g/mol. The van der Waals surface area contributed by atoms with E-state index in [1.807, 2.05) is 81.8 Å². The molecule has 10 nitrogen and oxygen atoms in total. The van der Waals surface area contributed by atoms with Crippen LogP contribution in [0.4, 0.5) is 4.79 Å². The van der Waals surface area contributed by atoms with Crippen LogP contribution in [0, 0.1) is 5.41 Å². The summed E-state index contributed by atoms with van der Waals surface area (Å²) in [5.41, 5.74) is 6.42. The first kappa shape index (κ1) is 35.3. The Hall–Kier alpha value is -4.21. The number of carboxylic acids is 1. The lowest BCUT2D eigenvalue weighted by Crippen LogP contribution is -2.45. The summed E-state index contributed by atoms with van der Waals surface area (Å²) in [5, 5.41) is 10.3. The predicted molar refractivity (Wildman–Crippen MR) is 175 cm³/mol. The molecule has 1 aromatic heterocycles. The number of benzene rings is 2. The summed E-state index contributed by atoms with van der Waals surface area (Å²) in [7, 11) is 0. The quantitative estimate of drug-likeness (QED) is 0.170. The van der Waals surface area contributed by atoms with Gasteiger partial charge in [-0.25, -0.2) is 4.79 Å². The molecule has 2 aromatic carbocycles. The molecule has 246 valence electrons. The van der Waals surface area contributed by atoms with Gasteiger partial charge >= 0.3 is 12.1 Å². The normalized spacial score (nSPS) is 12.5. The molecule has 3 aromatic rings. The molecule has 0 saturated heterocycles. The predicted octanol–water partition coefficient (Wildman–Crippen LogP) is 6.67. The van der Waals surface area contributed by atoms with Crippen molar-refractivity contribution in [2.45, 2.75) is 92.3 Å². The van der Waals surface area contributed by atoms with Gasteiger partial charge in [0.1, 0.15) is 12.2 Å². The van der Waals surface area contributed by atoms with Crippen LogP contribution in [-0.2, 0) is 22.5 Å². The van der Waals surface area contributed by atoms with E-state index in [9.17, 15) is 19.5 Å². The van der Waals surface area contributed by atoms with Crippen molar-refractivity contribution in [1.29, 1.82) is 0 Å². The number of carbonyl (C=O) groups excluding carboxylic acids is 2. The minimum atomic E-state index is -0.809. The van der Waals surface area contributed by atoms with Crippen LogP contribution in [-0.4, -0.2) is 63.9 Å². The van der Waals surface area contributed by atoms with Gasteiger partial charge in [0, 0.05) is 24.2 Å². The van der Waals surface area contributed by atoms with E-state index < -0.39 is 29.0 Å². The molecule has 3 rings (SSSR count). The van der Waals surface area contributed by atoms with Crippen molar-refractivity contribution in [2.75, 3.05) is 19.8 Å². The van der Waals surface area contributed by atoms with Crippen molar-refractivity contribution in [3.63, 3.8) is 0 Å². The minimum absolute atomic E-state index is 0.228. The molecular formula is C35H49N3O7.